The Labute approximate surface area is 194 Å². The van der Waals surface area contributed by atoms with Gasteiger partial charge >= 0.3 is 5.97 Å². The molecule has 2 aliphatic rings. The van der Waals surface area contributed by atoms with E-state index in [0.717, 1.165) is 31.0 Å². The number of carbonyl (C=O) groups is 2. The summed E-state index contributed by atoms with van der Waals surface area (Å²) in [6.45, 7) is 6.64. The van der Waals surface area contributed by atoms with E-state index in [1.807, 2.05) is 30.9 Å². The first kappa shape index (κ1) is 24.2. The Bertz CT molecular complexity index is 1100. The van der Waals surface area contributed by atoms with Crippen molar-refractivity contribution in [2.75, 3.05) is 13.6 Å². The molecule has 33 heavy (non-hydrogen) atoms. The van der Waals surface area contributed by atoms with E-state index >= 15 is 4.39 Å². The van der Waals surface area contributed by atoms with Gasteiger partial charge in [-0.1, -0.05) is 44.5 Å². The van der Waals surface area contributed by atoms with E-state index in [-0.39, 0.29) is 17.5 Å². The molecule has 0 saturated carbocycles. The van der Waals surface area contributed by atoms with E-state index in [0.29, 0.717) is 29.2 Å². The standard InChI is InChI=1S/C26H30FN3O3/c1-5-8-17(3)29(4)26(33)22-16-20(6-2)30-14-13-19(15-23(30)28-22)21-10-7-9-18(25(21)27)11-12-24(31)32/h7,9-13,15-17H,5-6,8,14H2,1-4H3,(H,31,32)/b12-11+. The average Bonchev–Trinajstić information content (AvgIpc) is 2.81. The Kier molecular flexibility index (Phi) is 7.63. The second kappa shape index (κ2) is 10.4. The Morgan fingerprint density at radius 2 is 2.06 bits per heavy atom. The number of allylic oxidation sites excluding steroid dienone is 3. The molecule has 2 aliphatic heterocycles. The Hall–Kier alpha value is -3.48. The number of fused-ring (bicyclic) bond motifs is 1. The monoisotopic (exact) mass is 451 g/mol. The zero-order valence-electron chi connectivity index (χ0n) is 19.5. The molecule has 0 radical (unpaired) electrons. The van der Waals surface area contributed by atoms with Gasteiger partial charge in [0.2, 0.25) is 0 Å². The maximum atomic E-state index is 15.1. The van der Waals surface area contributed by atoms with Gasteiger partial charge in [0.15, 0.2) is 0 Å². The largest absolute Gasteiger partial charge is 0.478 e. The minimum absolute atomic E-state index is 0.105. The van der Waals surface area contributed by atoms with Crippen molar-refractivity contribution < 1.29 is 19.1 Å². The second-order valence-corrected chi connectivity index (χ2v) is 8.19. The van der Waals surface area contributed by atoms with E-state index < -0.39 is 11.8 Å². The van der Waals surface area contributed by atoms with Crippen LogP contribution in [0.25, 0.3) is 11.6 Å². The van der Waals surface area contributed by atoms with Gasteiger partial charge in [0.25, 0.3) is 5.91 Å². The number of carbonyl (C=O) groups excluding carboxylic acids is 1. The molecule has 1 atom stereocenters. The van der Waals surface area contributed by atoms with Crippen LogP contribution in [-0.2, 0) is 9.59 Å². The topological polar surface area (TPSA) is 73.2 Å². The molecule has 0 saturated heterocycles. The molecule has 1 N–H and O–H groups in total. The van der Waals surface area contributed by atoms with Crippen LogP contribution < -0.4 is 0 Å². The fourth-order valence-electron chi connectivity index (χ4n) is 3.95. The quantitative estimate of drug-likeness (QED) is 0.573. The van der Waals surface area contributed by atoms with Gasteiger partial charge in [-0.3, -0.25) is 4.79 Å². The van der Waals surface area contributed by atoms with Gasteiger partial charge in [0.05, 0.1) is 0 Å². The van der Waals surface area contributed by atoms with E-state index in [4.69, 9.17) is 5.11 Å². The number of carboxylic acids is 1. The lowest BCUT2D eigenvalue weighted by Gasteiger charge is -2.33. The van der Waals surface area contributed by atoms with Gasteiger partial charge in [-0.2, -0.15) is 0 Å². The molecule has 6 nitrogen and oxygen atoms in total. The summed E-state index contributed by atoms with van der Waals surface area (Å²) in [6, 6.07) is 4.98. The molecule has 0 spiro atoms. The van der Waals surface area contributed by atoms with Crippen molar-refractivity contribution in [3.63, 3.8) is 0 Å². The van der Waals surface area contributed by atoms with Crippen LogP contribution in [0.15, 0.2) is 59.0 Å². The van der Waals surface area contributed by atoms with Gasteiger partial charge in [-0.15, -0.1) is 0 Å². The summed E-state index contributed by atoms with van der Waals surface area (Å²) in [5.41, 5.74) is 2.55. The van der Waals surface area contributed by atoms with Gasteiger partial charge in [0.1, 0.15) is 17.3 Å². The number of amides is 1. The van der Waals surface area contributed by atoms with Gasteiger partial charge in [0, 0.05) is 42.5 Å². The Balaban J connectivity index is 1.96. The highest BCUT2D eigenvalue weighted by atomic mass is 19.1. The minimum atomic E-state index is -1.14. The molecule has 3 rings (SSSR count). The van der Waals surface area contributed by atoms with Crippen molar-refractivity contribution in [3.05, 3.63) is 71.0 Å². The minimum Gasteiger partial charge on any atom is -0.478 e. The van der Waals surface area contributed by atoms with Crippen molar-refractivity contribution in [2.24, 2.45) is 4.99 Å². The molecule has 2 heterocycles. The Morgan fingerprint density at radius 1 is 1.30 bits per heavy atom. The third-order valence-corrected chi connectivity index (χ3v) is 5.95. The summed E-state index contributed by atoms with van der Waals surface area (Å²) < 4.78 is 15.1. The number of aliphatic imine (C=N–C) groups is 1. The van der Waals surface area contributed by atoms with E-state index in [9.17, 15) is 9.59 Å². The fourth-order valence-corrected chi connectivity index (χ4v) is 3.95. The number of halogens is 1. The third-order valence-electron chi connectivity index (χ3n) is 5.95. The molecular formula is C26H30FN3O3. The number of aliphatic carboxylic acids is 1. The molecule has 0 bridgehead atoms. The zero-order valence-corrected chi connectivity index (χ0v) is 19.5. The van der Waals surface area contributed by atoms with Crippen molar-refractivity contribution in [1.29, 1.82) is 0 Å². The number of hydrogen-bond donors (Lipinski definition) is 1. The van der Waals surface area contributed by atoms with Crippen LogP contribution in [0.1, 0.15) is 51.2 Å². The lowest BCUT2D eigenvalue weighted by molar-refractivity contribution is -0.131. The molecule has 0 fully saturated rings. The van der Waals surface area contributed by atoms with Crippen molar-refractivity contribution >= 4 is 29.2 Å². The highest BCUT2D eigenvalue weighted by Crippen LogP contribution is 2.32. The summed E-state index contributed by atoms with van der Waals surface area (Å²) >= 11 is 0. The van der Waals surface area contributed by atoms with Crippen LogP contribution in [0.3, 0.4) is 0 Å². The second-order valence-electron chi connectivity index (χ2n) is 8.19. The van der Waals surface area contributed by atoms with Crippen LogP contribution in [-0.4, -0.2) is 52.1 Å². The first-order chi connectivity index (χ1) is 15.8. The van der Waals surface area contributed by atoms with Gasteiger partial charge in [-0.05, 0) is 43.6 Å². The number of hydrogen-bond acceptors (Lipinski definition) is 4. The Morgan fingerprint density at radius 3 is 2.73 bits per heavy atom. The summed E-state index contributed by atoms with van der Waals surface area (Å²) in [7, 11) is 1.79. The van der Waals surface area contributed by atoms with Gasteiger partial charge in [-0.25, -0.2) is 14.2 Å². The molecule has 174 valence electrons. The van der Waals surface area contributed by atoms with Crippen LogP contribution in [0, 0.1) is 5.82 Å². The molecule has 1 aromatic carbocycles. The number of benzene rings is 1. The van der Waals surface area contributed by atoms with Crippen LogP contribution in [0.4, 0.5) is 4.39 Å². The highest BCUT2D eigenvalue weighted by molar-refractivity contribution is 6.43. The first-order valence-corrected chi connectivity index (χ1v) is 11.2. The fraction of sp³-hybridized carbons (Fsp3) is 0.346. The first-order valence-electron chi connectivity index (χ1n) is 11.2. The van der Waals surface area contributed by atoms with E-state index in [1.54, 1.807) is 30.2 Å². The number of rotatable bonds is 8. The third kappa shape index (κ3) is 5.30. The number of carboxylic acid groups (broad SMARTS) is 1. The van der Waals surface area contributed by atoms with Crippen LogP contribution in [0.2, 0.25) is 0 Å². The predicted molar refractivity (Wildman–Crippen MR) is 129 cm³/mol. The molecule has 1 aromatic rings. The lowest BCUT2D eigenvalue weighted by Crippen LogP contribution is -2.41. The molecule has 7 heteroatoms. The SMILES string of the molecule is CCCC(C)N(C)C(=O)C1=NC2=CC(c3cccc(/C=C/C(=O)O)c3F)=CCN2C(CC)=C1. The van der Waals surface area contributed by atoms with E-state index in [2.05, 4.69) is 11.9 Å². The molecule has 0 aromatic heterocycles. The molecule has 1 amide bonds. The maximum absolute atomic E-state index is 15.1. The molecule has 0 aliphatic carbocycles. The van der Waals surface area contributed by atoms with Crippen LogP contribution in [0.5, 0.6) is 0 Å². The maximum Gasteiger partial charge on any atom is 0.328 e. The smallest absolute Gasteiger partial charge is 0.328 e. The zero-order chi connectivity index (χ0) is 24.1. The summed E-state index contributed by atoms with van der Waals surface area (Å²) in [6.07, 6.45) is 10.3. The van der Waals surface area contributed by atoms with Crippen molar-refractivity contribution in [3.8, 4) is 0 Å². The van der Waals surface area contributed by atoms with E-state index in [1.165, 1.54) is 12.1 Å². The van der Waals surface area contributed by atoms with Crippen LogP contribution >= 0.6 is 0 Å². The normalized spacial score (nSPS) is 16.5. The predicted octanol–water partition coefficient (Wildman–Crippen LogP) is 4.86. The summed E-state index contributed by atoms with van der Waals surface area (Å²) in [5.74, 6) is -1.18. The van der Waals surface area contributed by atoms with Crippen molar-refractivity contribution in [1.82, 2.24) is 9.80 Å². The summed E-state index contributed by atoms with van der Waals surface area (Å²) in [5, 5.41) is 8.85. The lowest BCUT2D eigenvalue weighted by atomic mass is 9.98. The van der Waals surface area contributed by atoms with Crippen molar-refractivity contribution in [2.45, 2.75) is 46.1 Å². The number of nitrogens with zero attached hydrogens (tertiary/aromatic N) is 3. The summed E-state index contributed by atoms with van der Waals surface area (Å²) in [4.78, 5) is 32.3. The van der Waals surface area contributed by atoms with Gasteiger partial charge < -0.3 is 14.9 Å². The molecular weight excluding hydrogens is 421 g/mol. The highest BCUT2D eigenvalue weighted by Gasteiger charge is 2.27. The molecule has 1 unspecified atom stereocenters. The average molecular weight is 452 g/mol.